The summed E-state index contributed by atoms with van der Waals surface area (Å²) < 4.78 is 33.1. The third kappa shape index (κ3) is 6.42. The molecule has 0 unspecified atom stereocenters. The van der Waals surface area contributed by atoms with Crippen LogP contribution in [0.1, 0.15) is 25.3 Å². The zero-order valence-corrected chi connectivity index (χ0v) is 20.9. The van der Waals surface area contributed by atoms with Crippen molar-refractivity contribution in [3.63, 3.8) is 0 Å². The van der Waals surface area contributed by atoms with E-state index in [1.54, 1.807) is 18.2 Å². The summed E-state index contributed by atoms with van der Waals surface area (Å²) in [6, 6.07) is 17.0. The predicted octanol–water partition coefficient (Wildman–Crippen LogP) is 6.79. The molecule has 0 aliphatic carbocycles. The Morgan fingerprint density at radius 3 is 2.18 bits per heavy atom. The third-order valence-electron chi connectivity index (χ3n) is 4.81. The highest BCUT2D eigenvalue weighted by Crippen LogP contribution is 2.29. The number of anilines is 1. The van der Waals surface area contributed by atoms with Gasteiger partial charge < -0.3 is 4.74 Å². The van der Waals surface area contributed by atoms with Crippen LogP contribution in [0.25, 0.3) is 0 Å². The lowest BCUT2D eigenvalue weighted by molar-refractivity contribution is -0.119. The molecule has 1 amide bonds. The van der Waals surface area contributed by atoms with Crippen LogP contribution in [0.15, 0.2) is 71.6 Å². The van der Waals surface area contributed by atoms with E-state index in [4.69, 9.17) is 39.5 Å². The van der Waals surface area contributed by atoms with Crippen molar-refractivity contribution in [2.45, 2.75) is 31.1 Å². The molecule has 0 N–H and O–H groups in total. The van der Waals surface area contributed by atoms with Crippen LogP contribution in [0.3, 0.4) is 0 Å². The van der Waals surface area contributed by atoms with E-state index in [-0.39, 0.29) is 21.4 Å². The second-order valence-corrected chi connectivity index (χ2v) is 10.3. The molecular weight excluding hydrogens is 505 g/mol. The Labute approximate surface area is 208 Å². The van der Waals surface area contributed by atoms with Crippen molar-refractivity contribution >= 4 is 56.4 Å². The smallest absolute Gasteiger partial charge is 0.278 e. The summed E-state index contributed by atoms with van der Waals surface area (Å²) in [4.78, 5) is 13.1. The molecule has 174 valence electrons. The van der Waals surface area contributed by atoms with Crippen molar-refractivity contribution in [3.05, 3.63) is 87.4 Å². The van der Waals surface area contributed by atoms with Crippen molar-refractivity contribution in [1.29, 1.82) is 0 Å². The van der Waals surface area contributed by atoms with Gasteiger partial charge in [-0.3, -0.25) is 4.79 Å². The van der Waals surface area contributed by atoms with Crippen LogP contribution < -0.4 is 9.04 Å². The maximum atomic E-state index is 13.4. The topological polar surface area (TPSA) is 63.7 Å². The van der Waals surface area contributed by atoms with Crippen LogP contribution in [-0.4, -0.2) is 20.9 Å². The van der Waals surface area contributed by atoms with Crippen LogP contribution in [0.4, 0.5) is 5.69 Å². The van der Waals surface area contributed by atoms with Gasteiger partial charge in [0.15, 0.2) is 6.61 Å². The van der Waals surface area contributed by atoms with Gasteiger partial charge in [0.05, 0.1) is 15.6 Å². The summed E-state index contributed by atoms with van der Waals surface area (Å²) in [5.41, 5.74) is 1.26. The van der Waals surface area contributed by atoms with E-state index in [9.17, 15) is 13.2 Å². The minimum atomic E-state index is -4.24. The Bertz CT molecular complexity index is 1210. The number of hydrogen-bond acceptors (Lipinski definition) is 4. The normalized spacial score (nSPS) is 11.3. The van der Waals surface area contributed by atoms with Crippen molar-refractivity contribution in [2.75, 3.05) is 10.9 Å². The van der Waals surface area contributed by atoms with Crippen LogP contribution >= 0.6 is 34.8 Å². The first-order valence-electron chi connectivity index (χ1n) is 10.2. The summed E-state index contributed by atoms with van der Waals surface area (Å²) in [6.07, 6.45) is 2.92. The molecule has 3 rings (SSSR count). The molecule has 3 aromatic carbocycles. The zero-order valence-electron chi connectivity index (χ0n) is 17.8. The van der Waals surface area contributed by atoms with Gasteiger partial charge >= 0.3 is 0 Å². The molecule has 9 heteroatoms. The van der Waals surface area contributed by atoms with Crippen LogP contribution in [0, 0.1) is 0 Å². The second-order valence-electron chi connectivity index (χ2n) is 7.25. The second kappa shape index (κ2) is 11.3. The lowest BCUT2D eigenvalue weighted by atomic mass is 10.1. The number of ether oxygens (including phenoxy) is 1. The number of unbranched alkanes of at least 4 members (excludes halogenated alkanes) is 1. The van der Waals surface area contributed by atoms with Gasteiger partial charge in [0.2, 0.25) is 0 Å². The Hall–Kier alpha value is -2.25. The van der Waals surface area contributed by atoms with E-state index in [0.717, 1.165) is 29.1 Å². The Kier molecular flexibility index (Phi) is 8.65. The van der Waals surface area contributed by atoms with E-state index in [1.165, 1.54) is 36.4 Å². The summed E-state index contributed by atoms with van der Waals surface area (Å²) in [6.45, 7) is 1.53. The van der Waals surface area contributed by atoms with Gasteiger partial charge in [-0.15, -0.1) is 0 Å². The van der Waals surface area contributed by atoms with Crippen molar-refractivity contribution < 1.29 is 17.9 Å². The molecule has 3 aromatic rings. The fourth-order valence-electron chi connectivity index (χ4n) is 3.09. The zero-order chi connectivity index (χ0) is 24.0. The minimum Gasteiger partial charge on any atom is -0.482 e. The maximum absolute atomic E-state index is 13.4. The molecule has 33 heavy (non-hydrogen) atoms. The molecule has 0 aromatic heterocycles. The molecular formula is C24H22Cl3NO4S. The highest BCUT2D eigenvalue weighted by Gasteiger charge is 2.31. The number of rotatable bonds is 9. The molecule has 5 nitrogen and oxygen atoms in total. The number of carbonyl (C=O) groups excluding carboxylic acids is 1. The lowest BCUT2D eigenvalue weighted by Gasteiger charge is -2.23. The van der Waals surface area contributed by atoms with Crippen LogP contribution in [-0.2, 0) is 21.2 Å². The van der Waals surface area contributed by atoms with Crippen molar-refractivity contribution in [3.8, 4) is 5.75 Å². The number of sulfonamides is 1. The van der Waals surface area contributed by atoms with Gasteiger partial charge in [0, 0.05) is 16.1 Å². The predicted molar refractivity (Wildman–Crippen MR) is 133 cm³/mol. The molecule has 0 aliphatic rings. The van der Waals surface area contributed by atoms with Gasteiger partial charge in [0.1, 0.15) is 5.75 Å². The van der Waals surface area contributed by atoms with E-state index < -0.39 is 22.5 Å². The Morgan fingerprint density at radius 1 is 0.909 bits per heavy atom. The number of aryl methyl sites for hydroxylation is 1. The number of nitrogens with zero attached hydrogens (tertiary/aromatic N) is 1. The Morgan fingerprint density at radius 2 is 1.55 bits per heavy atom. The summed E-state index contributed by atoms with van der Waals surface area (Å²) in [7, 11) is -4.24. The van der Waals surface area contributed by atoms with E-state index >= 15 is 0 Å². The molecule has 0 heterocycles. The highest BCUT2D eigenvalue weighted by atomic mass is 35.5. The van der Waals surface area contributed by atoms with Crippen molar-refractivity contribution in [1.82, 2.24) is 0 Å². The SMILES string of the molecule is CCCCc1ccc(N(C(=O)COc2cc(Cl)ccc2Cl)S(=O)(=O)c2ccc(Cl)cc2)cc1. The average molecular weight is 527 g/mol. The largest absolute Gasteiger partial charge is 0.482 e. The van der Waals surface area contributed by atoms with E-state index in [0.29, 0.717) is 10.0 Å². The first kappa shape index (κ1) is 25.4. The summed E-state index contributed by atoms with van der Waals surface area (Å²) in [5, 5.41) is 1.00. The standard InChI is InChI=1S/C24H22Cl3NO4S/c1-2-3-4-17-5-10-20(11-6-17)28(33(30,31)21-12-7-18(25)8-13-21)24(29)16-32-23-15-19(26)9-14-22(23)27/h5-15H,2-4,16H2,1H3. The number of carbonyl (C=O) groups is 1. The highest BCUT2D eigenvalue weighted by molar-refractivity contribution is 7.93. The molecule has 0 spiro atoms. The van der Waals surface area contributed by atoms with E-state index in [1.807, 2.05) is 12.1 Å². The van der Waals surface area contributed by atoms with Gasteiger partial charge in [-0.25, -0.2) is 8.42 Å². The molecule has 0 fully saturated rings. The number of benzene rings is 3. The van der Waals surface area contributed by atoms with Crippen LogP contribution in [0.5, 0.6) is 5.75 Å². The first-order valence-corrected chi connectivity index (χ1v) is 12.8. The minimum absolute atomic E-state index is 0.0731. The number of halogens is 3. The summed E-state index contributed by atoms with van der Waals surface area (Å²) >= 11 is 18.0. The van der Waals surface area contributed by atoms with Gasteiger partial charge in [0.25, 0.3) is 15.9 Å². The van der Waals surface area contributed by atoms with E-state index in [2.05, 4.69) is 6.92 Å². The molecule has 0 radical (unpaired) electrons. The Balaban J connectivity index is 1.94. The molecule has 0 atom stereocenters. The van der Waals surface area contributed by atoms with Crippen molar-refractivity contribution in [2.24, 2.45) is 0 Å². The number of hydrogen-bond donors (Lipinski definition) is 0. The van der Waals surface area contributed by atoms with Gasteiger partial charge in [-0.2, -0.15) is 4.31 Å². The maximum Gasteiger partial charge on any atom is 0.278 e. The lowest BCUT2D eigenvalue weighted by Crippen LogP contribution is -2.40. The monoisotopic (exact) mass is 525 g/mol. The quantitative estimate of drug-likeness (QED) is 0.308. The van der Waals surface area contributed by atoms with Gasteiger partial charge in [-0.05, 0) is 66.9 Å². The molecule has 0 aliphatic heterocycles. The van der Waals surface area contributed by atoms with Gasteiger partial charge in [-0.1, -0.05) is 60.3 Å². The first-order chi connectivity index (χ1) is 15.7. The fourth-order valence-corrected chi connectivity index (χ4v) is 4.96. The molecule has 0 bridgehead atoms. The number of amides is 1. The molecule has 0 saturated carbocycles. The average Bonchev–Trinajstić information content (AvgIpc) is 2.79. The summed E-state index contributed by atoms with van der Waals surface area (Å²) in [5.74, 6) is -0.612. The van der Waals surface area contributed by atoms with Crippen LogP contribution in [0.2, 0.25) is 15.1 Å². The third-order valence-corrected chi connectivity index (χ3v) is 7.38. The fraction of sp³-hybridized carbons (Fsp3) is 0.208. The molecule has 0 saturated heterocycles.